The summed E-state index contributed by atoms with van der Waals surface area (Å²) >= 11 is 0. The lowest BCUT2D eigenvalue weighted by molar-refractivity contribution is -0.321. The quantitative estimate of drug-likeness (QED) is 0.415. The average molecular weight is 453 g/mol. The third kappa shape index (κ3) is 8.82. The van der Waals surface area contributed by atoms with Crippen molar-refractivity contribution in [2.75, 3.05) is 20.2 Å². The highest BCUT2D eigenvalue weighted by Crippen LogP contribution is 2.19. The minimum atomic E-state index is -5.03. The number of ketones is 1. The van der Waals surface area contributed by atoms with E-state index >= 15 is 0 Å². The van der Waals surface area contributed by atoms with Crippen molar-refractivity contribution in [2.24, 2.45) is 11.8 Å². The van der Waals surface area contributed by atoms with E-state index in [9.17, 15) is 37.5 Å². The van der Waals surface area contributed by atoms with Gasteiger partial charge in [0.2, 0.25) is 11.8 Å². The number of rotatable bonds is 11. The first-order chi connectivity index (χ1) is 14.2. The van der Waals surface area contributed by atoms with Crippen LogP contribution in [0.4, 0.5) is 13.2 Å². The molecule has 1 saturated heterocycles. The summed E-state index contributed by atoms with van der Waals surface area (Å²) in [6.07, 6.45) is -5.99. The zero-order chi connectivity index (χ0) is 23.9. The Kier molecular flexibility index (Phi) is 9.88. The summed E-state index contributed by atoms with van der Waals surface area (Å²) in [4.78, 5) is 50.0. The maximum atomic E-state index is 12.6. The van der Waals surface area contributed by atoms with Crippen molar-refractivity contribution in [3.8, 4) is 0 Å². The second-order valence-corrected chi connectivity index (χ2v) is 8.04. The molecular formula is C19H30F3N3O6. The monoisotopic (exact) mass is 453 g/mol. The molecule has 0 aliphatic carbocycles. The van der Waals surface area contributed by atoms with Crippen LogP contribution in [-0.4, -0.2) is 78.3 Å². The van der Waals surface area contributed by atoms with Crippen molar-refractivity contribution in [1.29, 1.82) is 0 Å². The molecule has 1 heterocycles. The smallest absolute Gasteiger partial charge is 0.383 e. The number of nitrogens with one attached hydrogen (secondary N) is 2. The maximum absolute atomic E-state index is 12.6. The van der Waals surface area contributed by atoms with Crippen LogP contribution in [0.5, 0.6) is 0 Å². The van der Waals surface area contributed by atoms with Gasteiger partial charge in [0.1, 0.15) is 18.8 Å². The molecule has 0 radical (unpaired) electrons. The second kappa shape index (κ2) is 11.4. The van der Waals surface area contributed by atoms with Gasteiger partial charge in [-0.05, 0) is 32.1 Å². The molecular weight excluding hydrogens is 423 g/mol. The number of amides is 3. The van der Waals surface area contributed by atoms with Crippen molar-refractivity contribution in [1.82, 2.24) is 15.5 Å². The predicted octanol–water partition coefficient (Wildman–Crippen LogP) is 0.357. The minimum absolute atomic E-state index is 0.0321. The van der Waals surface area contributed by atoms with Gasteiger partial charge in [0.05, 0.1) is 6.04 Å². The van der Waals surface area contributed by atoms with Crippen LogP contribution >= 0.6 is 0 Å². The van der Waals surface area contributed by atoms with E-state index in [1.54, 1.807) is 0 Å². The third-order valence-electron chi connectivity index (χ3n) is 5.05. The summed E-state index contributed by atoms with van der Waals surface area (Å²) < 4.78 is 40.5. The number of Topliss-reactive ketones (excluding diaryl/α,β-unsaturated/α-hetero) is 1. The summed E-state index contributed by atoms with van der Waals surface area (Å²) in [6.45, 7) is 4.01. The van der Waals surface area contributed by atoms with Crippen molar-refractivity contribution in [2.45, 2.75) is 64.6 Å². The van der Waals surface area contributed by atoms with E-state index in [0.29, 0.717) is 13.0 Å². The van der Waals surface area contributed by atoms with Crippen LogP contribution in [0.25, 0.3) is 0 Å². The first-order valence-electron chi connectivity index (χ1n) is 9.99. The molecule has 12 heteroatoms. The van der Waals surface area contributed by atoms with Gasteiger partial charge in [-0.3, -0.25) is 23.9 Å². The lowest BCUT2D eigenvalue weighted by atomic mass is 9.95. The highest BCUT2D eigenvalue weighted by Gasteiger charge is 2.36. The Morgan fingerprint density at radius 1 is 1.29 bits per heavy atom. The Labute approximate surface area is 178 Å². The van der Waals surface area contributed by atoms with Gasteiger partial charge < -0.3 is 20.6 Å². The van der Waals surface area contributed by atoms with Crippen molar-refractivity contribution >= 4 is 23.5 Å². The van der Waals surface area contributed by atoms with Crippen LogP contribution in [0.15, 0.2) is 0 Å². The number of alkyl halides is 3. The first kappa shape index (κ1) is 26.8. The van der Waals surface area contributed by atoms with Crippen LogP contribution in [0.2, 0.25) is 0 Å². The van der Waals surface area contributed by atoms with Gasteiger partial charge >= 0.3 is 6.36 Å². The molecule has 0 bridgehead atoms. The molecule has 1 rings (SSSR count). The molecule has 9 nitrogen and oxygen atoms in total. The SMILES string of the molecule is CC(C)C[C@@H](O)C(=O)N(C)[C@@H](C)C(=O)N[C@@H](C[C@@H]1CCNC1=O)C(=O)COC(F)(F)F. The largest absolute Gasteiger partial charge is 0.522 e. The third-order valence-corrected chi connectivity index (χ3v) is 5.05. The van der Waals surface area contributed by atoms with Gasteiger partial charge in [-0.25, -0.2) is 0 Å². The Bertz CT molecular complexity index is 671. The summed E-state index contributed by atoms with van der Waals surface area (Å²) in [5.74, 6) is -3.54. The fourth-order valence-electron chi connectivity index (χ4n) is 3.12. The zero-order valence-electron chi connectivity index (χ0n) is 18.0. The molecule has 0 saturated carbocycles. The predicted molar refractivity (Wildman–Crippen MR) is 102 cm³/mol. The van der Waals surface area contributed by atoms with Crippen LogP contribution in [0, 0.1) is 11.8 Å². The maximum Gasteiger partial charge on any atom is 0.522 e. The Hall–Kier alpha value is -2.21. The molecule has 3 N–H and O–H groups in total. The highest BCUT2D eigenvalue weighted by atomic mass is 19.4. The van der Waals surface area contributed by atoms with E-state index in [1.807, 2.05) is 13.8 Å². The standard InChI is InChI=1S/C19H30F3N3O6/c1-10(2)7-14(26)18(30)25(4)11(3)16(28)24-13(8-12-5-6-23-17(12)29)15(27)9-31-19(20,21)22/h10-14,26H,5-9H2,1-4H3,(H,23,29)(H,24,28)/t11-,12-,13-,14+/m0/s1. The van der Waals surface area contributed by atoms with E-state index < -0.39 is 54.7 Å². The topological polar surface area (TPSA) is 125 Å². The van der Waals surface area contributed by atoms with E-state index in [-0.39, 0.29) is 24.7 Å². The molecule has 1 aliphatic heterocycles. The second-order valence-electron chi connectivity index (χ2n) is 8.04. The molecule has 0 aromatic heterocycles. The van der Waals surface area contributed by atoms with E-state index in [1.165, 1.54) is 14.0 Å². The fourth-order valence-corrected chi connectivity index (χ4v) is 3.12. The highest BCUT2D eigenvalue weighted by molar-refractivity contribution is 5.94. The van der Waals surface area contributed by atoms with Crippen molar-refractivity contribution < 1.29 is 42.2 Å². The van der Waals surface area contributed by atoms with Gasteiger partial charge in [0.15, 0.2) is 5.78 Å². The summed E-state index contributed by atoms with van der Waals surface area (Å²) in [5, 5.41) is 14.9. The fraction of sp³-hybridized carbons (Fsp3) is 0.789. The van der Waals surface area contributed by atoms with Gasteiger partial charge in [-0.15, -0.1) is 13.2 Å². The lowest BCUT2D eigenvalue weighted by Gasteiger charge is -2.29. The van der Waals surface area contributed by atoms with E-state index in [2.05, 4.69) is 15.4 Å². The summed E-state index contributed by atoms with van der Waals surface area (Å²) in [5.41, 5.74) is 0. The van der Waals surface area contributed by atoms with Crippen molar-refractivity contribution in [3.05, 3.63) is 0 Å². The molecule has 178 valence electrons. The van der Waals surface area contributed by atoms with Crippen LogP contribution in [-0.2, 0) is 23.9 Å². The molecule has 4 atom stereocenters. The van der Waals surface area contributed by atoms with E-state index in [0.717, 1.165) is 4.90 Å². The zero-order valence-corrected chi connectivity index (χ0v) is 18.0. The minimum Gasteiger partial charge on any atom is -0.383 e. The summed E-state index contributed by atoms with van der Waals surface area (Å²) in [6, 6.07) is -2.53. The van der Waals surface area contributed by atoms with Crippen LogP contribution in [0.1, 0.15) is 40.0 Å². The average Bonchev–Trinajstić information content (AvgIpc) is 3.07. The number of hydrogen-bond acceptors (Lipinski definition) is 6. The van der Waals surface area contributed by atoms with Gasteiger partial charge in [0.25, 0.3) is 5.91 Å². The number of likely N-dealkylation sites (N-methyl/N-ethyl adjacent to an activating group) is 1. The normalized spacial score (nSPS) is 19.5. The van der Waals surface area contributed by atoms with Crippen molar-refractivity contribution in [3.63, 3.8) is 0 Å². The van der Waals surface area contributed by atoms with Gasteiger partial charge in [-0.1, -0.05) is 13.8 Å². The van der Waals surface area contributed by atoms with Crippen LogP contribution in [0.3, 0.4) is 0 Å². The number of aliphatic hydroxyl groups is 1. The van der Waals surface area contributed by atoms with Gasteiger partial charge in [-0.2, -0.15) is 0 Å². The molecule has 1 fully saturated rings. The number of ether oxygens (including phenoxy) is 1. The number of nitrogens with zero attached hydrogens (tertiary/aromatic N) is 1. The molecule has 0 unspecified atom stereocenters. The Balaban J connectivity index is 2.85. The first-order valence-corrected chi connectivity index (χ1v) is 9.99. The Morgan fingerprint density at radius 2 is 1.90 bits per heavy atom. The molecule has 0 aromatic carbocycles. The van der Waals surface area contributed by atoms with E-state index in [4.69, 9.17) is 0 Å². The molecule has 31 heavy (non-hydrogen) atoms. The molecule has 1 aliphatic rings. The van der Waals surface area contributed by atoms with Crippen LogP contribution < -0.4 is 10.6 Å². The number of hydrogen-bond donors (Lipinski definition) is 3. The number of carbonyl (C=O) groups is 4. The van der Waals surface area contributed by atoms with Gasteiger partial charge in [0, 0.05) is 19.5 Å². The number of carbonyl (C=O) groups excluding carboxylic acids is 4. The molecule has 3 amide bonds. The number of aliphatic hydroxyl groups excluding tert-OH is 1. The molecule has 0 spiro atoms. The summed E-state index contributed by atoms with van der Waals surface area (Å²) in [7, 11) is 1.30. The Morgan fingerprint density at radius 3 is 2.39 bits per heavy atom. The number of halogens is 3. The molecule has 0 aromatic rings. The lowest BCUT2D eigenvalue weighted by Crippen LogP contribution is -2.53.